The lowest BCUT2D eigenvalue weighted by atomic mass is 10.1. The van der Waals surface area contributed by atoms with Crippen molar-refractivity contribution in [2.24, 2.45) is 0 Å². The first-order valence-electron chi connectivity index (χ1n) is 4.34. The molecule has 0 radical (unpaired) electrons. The Morgan fingerprint density at radius 1 is 1.31 bits per heavy atom. The van der Waals surface area contributed by atoms with E-state index in [0.29, 0.717) is 5.25 Å². The summed E-state index contributed by atoms with van der Waals surface area (Å²) in [7, 11) is 1.70. The third kappa shape index (κ3) is 1.89. The summed E-state index contributed by atoms with van der Waals surface area (Å²) in [6, 6.07) is 8.33. The summed E-state index contributed by atoms with van der Waals surface area (Å²) in [4.78, 5) is 0. The molecule has 1 atom stereocenters. The molecule has 0 aromatic heterocycles. The zero-order chi connectivity index (χ0) is 9.10. The van der Waals surface area contributed by atoms with Crippen molar-refractivity contribution in [3.8, 4) is 5.75 Å². The van der Waals surface area contributed by atoms with Crippen LogP contribution in [0.3, 0.4) is 0 Å². The molecule has 1 unspecified atom stereocenters. The fourth-order valence-electron chi connectivity index (χ4n) is 1.42. The SMILES string of the molecule is COc1ccc(C2CC=CS2)cc1. The van der Waals surface area contributed by atoms with Crippen LogP contribution in [0.4, 0.5) is 0 Å². The van der Waals surface area contributed by atoms with Gasteiger partial charge in [0.2, 0.25) is 0 Å². The Kier molecular flexibility index (Phi) is 2.60. The average Bonchev–Trinajstić information content (AvgIpc) is 2.71. The van der Waals surface area contributed by atoms with Crippen LogP contribution in [0.5, 0.6) is 5.75 Å². The fourth-order valence-corrected chi connectivity index (χ4v) is 2.37. The van der Waals surface area contributed by atoms with E-state index < -0.39 is 0 Å². The van der Waals surface area contributed by atoms with Gasteiger partial charge in [-0.3, -0.25) is 0 Å². The lowest BCUT2D eigenvalue weighted by Gasteiger charge is -2.08. The van der Waals surface area contributed by atoms with Crippen LogP contribution in [0, 0.1) is 0 Å². The summed E-state index contributed by atoms with van der Waals surface area (Å²) in [6.07, 6.45) is 3.37. The maximum Gasteiger partial charge on any atom is 0.118 e. The van der Waals surface area contributed by atoms with E-state index in [1.165, 1.54) is 5.56 Å². The first-order chi connectivity index (χ1) is 6.40. The van der Waals surface area contributed by atoms with Crippen molar-refractivity contribution in [1.82, 2.24) is 0 Å². The molecule has 1 aromatic rings. The molecule has 1 aliphatic heterocycles. The molecule has 1 nitrogen and oxygen atoms in total. The van der Waals surface area contributed by atoms with E-state index in [1.54, 1.807) is 7.11 Å². The quantitative estimate of drug-likeness (QED) is 0.710. The molecule has 0 aliphatic carbocycles. The predicted octanol–water partition coefficient (Wildman–Crippen LogP) is 3.39. The van der Waals surface area contributed by atoms with E-state index in [4.69, 9.17) is 4.74 Å². The fraction of sp³-hybridized carbons (Fsp3) is 0.273. The molecule has 2 heteroatoms. The number of ether oxygens (including phenoxy) is 1. The van der Waals surface area contributed by atoms with E-state index in [9.17, 15) is 0 Å². The lowest BCUT2D eigenvalue weighted by molar-refractivity contribution is 0.414. The summed E-state index contributed by atoms with van der Waals surface area (Å²) >= 11 is 1.89. The normalized spacial score (nSPS) is 20.5. The average molecular weight is 192 g/mol. The van der Waals surface area contributed by atoms with Crippen molar-refractivity contribution in [2.45, 2.75) is 11.7 Å². The molecular formula is C11H12OS. The van der Waals surface area contributed by atoms with Crippen LogP contribution in [0.25, 0.3) is 0 Å². The monoisotopic (exact) mass is 192 g/mol. The van der Waals surface area contributed by atoms with E-state index >= 15 is 0 Å². The highest BCUT2D eigenvalue weighted by Gasteiger charge is 2.12. The molecule has 0 spiro atoms. The molecular weight excluding hydrogens is 180 g/mol. The number of thioether (sulfide) groups is 1. The van der Waals surface area contributed by atoms with Gasteiger partial charge in [0.1, 0.15) is 5.75 Å². The van der Waals surface area contributed by atoms with Crippen LogP contribution in [0.15, 0.2) is 35.7 Å². The Morgan fingerprint density at radius 3 is 2.62 bits per heavy atom. The Labute approximate surface area is 82.8 Å². The Balaban J connectivity index is 2.13. The predicted molar refractivity (Wildman–Crippen MR) is 57.1 cm³/mol. The van der Waals surface area contributed by atoms with Gasteiger partial charge >= 0.3 is 0 Å². The number of hydrogen-bond donors (Lipinski definition) is 0. The van der Waals surface area contributed by atoms with Gasteiger partial charge in [0.05, 0.1) is 7.11 Å². The molecule has 0 saturated carbocycles. The molecule has 0 saturated heterocycles. The molecule has 0 N–H and O–H groups in total. The van der Waals surface area contributed by atoms with Crippen LogP contribution < -0.4 is 4.74 Å². The summed E-state index contributed by atoms with van der Waals surface area (Å²) < 4.78 is 5.11. The molecule has 1 aliphatic rings. The molecule has 1 aromatic carbocycles. The van der Waals surface area contributed by atoms with Crippen LogP contribution >= 0.6 is 11.8 Å². The van der Waals surface area contributed by atoms with Gasteiger partial charge in [-0.05, 0) is 29.5 Å². The molecule has 0 amide bonds. The van der Waals surface area contributed by atoms with Gasteiger partial charge in [0.25, 0.3) is 0 Å². The molecule has 0 bridgehead atoms. The van der Waals surface area contributed by atoms with Crippen molar-refractivity contribution in [3.63, 3.8) is 0 Å². The smallest absolute Gasteiger partial charge is 0.118 e. The second-order valence-corrected chi connectivity index (χ2v) is 4.12. The first kappa shape index (κ1) is 8.70. The summed E-state index contributed by atoms with van der Waals surface area (Å²) in [5.41, 5.74) is 1.39. The van der Waals surface area contributed by atoms with E-state index in [1.807, 2.05) is 23.9 Å². The van der Waals surface area contributed by atoms with Crippen molar-refractivity contribution < 1.29 is 4.74 Å². The number of benzene rings is 1. The lowest BCUT2D eigenvalue weighted by Crippen LogP contribution is -1.89. The highest BCUT2D eigenvalue weighted by Crippen LogP contribution is 2.38. The molecule has 13 heavy (non-hydrogen) atoms. The zero-order valence-electron chi connectivity index (χ0n) is 7.57. The van der Waals surface area contributed by atoms with Crippen LogP contribution in [-0.4, -0.2) is 7.11 Å². The van der Waals surface area contributed by atoms with E-state index in [0.717, 1.165) is 12.2 Å². The maximum absolute atomic E-state index is 5.11. The number of hydrogen-bond acceptors (Lipinski definition) is 2. The topological polar surface area (TPSA) is 9.23 Å². The van der Waals surface area contributed by atoms with Crippen LogP contribution in [0.1, 0.15) is 17.2 Å². The van der Waals surface area contributed by atoms with E-state index in [2.05, 4.69) is 23.6 Å². The number of methoxy groups -OCH3 is 1. The standard InChI is InChI=1S/C11H12OS/c1-12-10-6-4-9(5-7-10)11-3-2-8-13-11/h2,4-8,11H,3H2,1H3. The van der Waals surface area contributed by atoms with Gasteiger partial charge in [0, 0.05) is 5.25 Å². The Morgan fingerprint density at radius 2 is 2.08 bits per heavy atom. The van der Waals surface area contributed by atoms with Crippen LogP contribution in [-0.2, 0) is 0 Å². The Bertz CT molecular complexity index is 294. The van der Waals surface area contributed by atoms with Crippen molar-refractivity contribution in [1.29, 1.82) is 0 Å². The van der Waals surface area contributed by atoms with Gasteiger partial charge in [0.15, 0.2) is 0 Å². The van der Waals surface area contributed by atoms with Crippen LogP contribution in [0.2, 0.25) is 0 Å². The minimum atomic E-state index is 0.617. The molecule has 2 rings (SSSR count). The maximum atomic E-state index is 5.11. The van der Waals surface area contributed by atoms with Gasteiger partial charge in [-0.25, -0.2) is 0 Å². The minimum Gasteiger partial charge on any atom is -0.497 e. The molecule has 0 fully saturated rings. The highest BCUT2D eigenvalue weighted by molar-refractivity contribution is 8.02. The van der Waals surface area contributed by atoms with Gasteiger partial charge in [-0.2, -0.15) is 0 Å². The number of allylic oxidation sites excluding steroid dienone is 1. The summed E-state index contributed by atoms with van der Waals surface area (Å²) in [6.45, 7) is 0. The van der Waals surface area contributed by atoms with E-state index in [-0.39, 0.29) is 0 Å². The Hall–Kier alpha value is -0.890. The van der Waals surface area contributed by atoms with Crippen molar-refractivity contribution in [3.05, 3.63) is 41.3 Å². The highest BCUT2D eigenvalue weighted by atomic mass is 32.2. The summed E-state index contributed by atoms with van der Waals surface area (Å²) in [5.74, 6) is 0.930. The van der Waals surface area contributed by atoms with Gasteiger partial charge < -0.3 is 4.74 Å². The zero-order valence-corrected chi connectivity index (χ0v) is 8.38. The van der Waals surface area contributed by atoms with Crippen molar-refractivity contribution in [2.75, 3.05) is 7.11 Å². The second-order valence-electron chi connectivity index (χ2n) is 3.01. The third-order valence-corrected chi connectivity index (χ3v) is 3.32. The van der Waals surface area contributed by atoms with Gasteiger partial charge in [-0.15, -0.1) is 11.8 Å². The minimum absolute atomic E-state index is 0.617. The second kappa shape index (κ2) is 3.88. The molecule has 1 heterocycles. The van der Waals surface area contributed by atoms with Crippen molar-refractivity contribution >= 4 is 11.8 Å². The largest absolute Gasteiger partial charge is 0.497 e. The summed E-state index contributed by atoms with van der Waals surface area (Å²) in [5, 5.41) is 2.79. The van der Waals surface area contributed by atoms with Gasteiger partial charge in [-0.1, -0.05) is 18.2 Å². The third-order valence-electron chi connectivity index (χ3n) is 2.18. The molecule has 68 valence electrons. The number of rotatable bonds is 2. The first-order valence-corrected chi connectivity index (χ1v) is 5.29.